The van der Waals surface area contributed by atoms with E-state index < -0.39 is 26.7 Å². The van der Waals surface area contributed by atoms with E-state index in [9.17, 15) is 23.3 Å². The first-order valence-corrected chi connectivity index (χ1v) is 6.28. The molecule has 0 bridgehead atoms. The van der Waals surface area contributed by atoms with Gasteiger partial charge < -0.3 is 5.11 Å². The number of nitrogens with zero attached hydrogens (tertiary/aromatic N) is 2. The Hall–Kier alpha value is -2.16. The fourth-order valence-corrected chi connectivity index (χ4v) is 2.15. The van der Waals surface area contributed by atoms with Gasteiger partial charge in [-0.15, -0.1) is 0 Å². The number of anilines is 1. The monoisotopic (exact) mass is 274 g/mol. The highest BCUT2D eigenvalue weighted by molar-refractivity contribution is 7.93. The Labute approximate surface area is 103 Å². The van der Waals surface area contributed by atoms with Gasteiger partial charge in [0, 0.05) is 19.2 Å². The first-order valence-electron chi connectivity index (χ1n) is 4.67. The third kappa shape index (κ3) is 3.17. The molecule has 0 amide bonds. The average molecular weight is 274 g/mol. The van der Waals surface area contributed by atoms with Crippen molar-refractivity contribution in [1.82, 2.24) is 0 Å². The van der Waals surface area contributed by atoms with Gasteiger partial charge in [-0.3, -0.25) is 19.2 Å². The van der Waals surface area contributed by atoms with Crippen LogP contribution in [0.2, 0.25) is 0 Å². The minimum Gasteiger partial charge on any atom is -0.480 e. The van der Waals surface area contributed by atoms with Crippen LogP contribution in [-0.2, 0) is 14.8 Å². The number of non-ortho nitro benzene ring substituents is 1. The van der Waals surface area contributed by atoms with E-state index in [-0.39, 0.29) is 11.4 Å². The van der Waals surface area contributed by atoms with Crippen LogP contribution in [0.4, 0.5) is 11.4 Å². The van der Waals surface area contributed by atoms with E-state index in [1.165, 1.54) is 19.2 Å². The lowest BCUT2D eigenvalue weighted by Gasteiger charge is -2.17. The lowest BCUT2D eigenvalue weighted by molar-refractivity contribution is -0.384. The lowest BCUT2D eigenvalue weighted by atomic mass is 10.3. The van der Waals surface area contributed by atoms with Gasteiger partial charge in [0.2, 0.25) is 10.0 Å². The Morgan fingerprint density at radius 2 is 1.89 bits per heavy atom. The van der Waals surface area contributed by atoms with Crippen LogP contribution in [0.15, 0.2) is 24.3 Å². The summed E-state index contributed by atoms with van der Waals surface area (Å²) in [7, 11) is -2.80. The Bertz CT molecular complexity index is 565. The Kier molecular flexibility index (Phi) is 3.86. The zero-order valence-corrected chi connectivity index (χ0v) is 10.1. The third-order valence-electron chi connectivity index (χ3n) is 2.15. The van der Waals surface area contributed by atoms with Crippen LogP contribution in [0.5, 0.6) is 0 Å². The predicted molar refractivity (Wildman–Crippen MR) is 62.9 cm³/mol. The Morgan fingerprint density at radius 1 is 1.39 bits per heavy atom. The second-order valence-corrected chi connectivity index (χ2v) is 5.39. The fourth-order valence-electron chi connectivity index (χ4n) is 1.20. The number of carboxylic acid groups (broad SMARTS) is 1. The zero-order chi connectivity index (χ0) is 13.9. The number of benzene rings is 1. The summed E-state index contributed by atoms with van der Waals surface area (Å²) in [6.45, 7) is 0. The molecule has 0 saturated carbocycles. The van der Waals surface area contributed by atoms with Crippen LogP contribution in [0.3, 0.4) is 0 Å². The Balaban J connectivity index is 3.00. The molecule has 0 spiro atoms. The topological polar surface area (TPSA) is 118 Å². The quantitative estimate of drug-likeness (QED) is 0.615. The molecule has 0 radical (unpaired) electrons. The summed E-state index contributed by atoms with van der Waals surface area (Å²) in [6.07, 6.45) is 0. The van der Waals surface area contributed by atoms with E-state index in [1.807, 2.05) is 0 Å². The van der Waals surface area contributed by atoms with Crippen LogP contribution in [0.1, 0.15) is 0 Å². The maximum absolute atomic E-state index is 11.6. The summed E-state index contributed by atoms with van der Waals surface area (Å²) in [5, 5.41) is 18.9. The Morgan fingerprint density at radius 3 is 2.28 bits per heavy atom. The summed E-state index contributed by atoms with van der Waals surface area (Å²) in [4.78, 5) is 20.2. The molecule has 1 rings (SSSR count). The van der Waals surface area contributed by atoms with Gasteiger partial charge in [0.25, 0.3) is 5.69 Å². The smallest absolute Gasteiger partial charge is 0.320 e. The van der Waals surface area contributed by atoms with Gasteiger partial charge in [0.05, 0.1) is 10.6 Å². The summed E-state index contributed by atoms with van der Waals surface area (Å²) in [5.74, 6) is -2.51. The summed E-state index contributed by atoms with van der Waals surface area (Å²) in [6, 6.07) is 4.75. The van der Waals surface area contributed by atoms with Crippen molar-refractivity contribution in [3.05, 3.63) is 34.4 Å². The van der Waals surface area contributed by atoms with Crippen molar-refractivity contribution in [3.63, 3.8) is 0 Å². The van der Waals surface area contributed by atoms with Crippen molar-refractivity contribution in [2.24, 2.45) is 0 Å². The van der Waals surface area contributed by atoms with Gasteiger partial charge in [-0.1, -0.05) is 0 Å². The van der Waals surface area contributed by atoms with Gasteiger partial charge in [0.1, 0.15) is 0 Å². The largest absolute Gasteiger partial charge is 0.480 e. The maximum atomic E-state index is 11.6. The van der Waals surface area contributed by atoms with Crippen molar-refractivity contribution < 1.29 is 23.2 Å². The molecule has 0 aliphatic rings. The predicted octanol–water partition coefficient (Wildman–Crippen LogP) is 0.445. The van der Waals surface area contributed by atoms with Gasteiger partial charge in [-0.05, 0) is 12.1 Å². The van der Waals surface area contributed by atoms with E-state index in [2.05, 4.69) is 0 Å². The van der Waals surface area contributed by atoms with Crippen LogP contribution in [0.25, 0.3) is 0 Å². The first kappa shape index (κ1) is 13.9. The molecule has 0 heterocycles. The minimum absolute atomic E-state index is 0.154. The van der Waals surface area contributed by atoms with Gasteiger partial charge in [-0.25, -0.2) is 8.42 Å². The molecule has 0 atom stereocenters. The number of carbonyl (C=O) groups is 1. The molecule has 98 valence electrons. The van der Waals surface area contributed by atoms with E-state index in [0.717, 1.165) is 16.4 Å². The number of hydrogen-bond acceptors (Lipinski definition) is 5. The van der Waals surface area contributed by atoms with Crippen molar-refractivity contribution in [1.29, 1.82) is 0 Å². The number of carboxylic acids is 1. The molecule has 0 aliphatic carbocycles. The van der Waals surface area contributed by atoms with E-state index in [4.69, 9.17) is 5.11 Å². The standard InChI is InChI=1S/C9H10N2O6S/c1-10(18(16,17)6-9(12)13)7-2-4-8(5-3-7)11(14)15/h2-5H,6H2,1H3,(H,12,13). The number of rotatable bonds is 5. The van der Waals surface area contributed by atoms with Crippen LogP contribution in [0, 0.1) is 10.1 Å². The van der Waals surface area contributed by atoms with Crippen LogP contribution >= 0.6 is 0 Å². The first-order chi connectivity index (χ1) is 8.24. The van der Waals surface area contributed by atoms with E-state index in [1.54, 1.807) is 0 Å². The van der Waals surface area contributed by atoms with Gasteiger partial charge in [-0.2, -0.15) is 0 Å². The molecule has 0 aliphatic heterocycles. The number of aliphatic carboxylic acids is 1. The molecule has 0 fully saturated rings. The molecule has 0 aromatic heterocycles. The van der Waals surface area contributed by atoms with Crippen molar-refractivity contribution in [2.45, 2.75) is 0 Å². The highest BCUT2D eigenvalue weighted by Crippen LogP contribution is 2.20. The second kappa shape index (κ2) is 5.00. The van der Waals surface area contributed by atoms with Gasteiger partial charge in [0.15, 0.2) is 5.75 Å². The number of hydrogen-bond donors (Lipinski definition) is 1. The maximum Gasteiger partial charge on any atom is 0.320 e. The van der Waals surface area contributed by atoms with Gasteiger partial charge >= 0.3 is 5.97 Å². The van der Waals surface area contributed by atoms with Crippen molar-refractivity contribution >= 4 is 27.4 Å². The van der Waals surface area contributed by atoms with Crippen molar-refractivity contribution in [3.8, 4) is 0 Å². The van der Waals surface area contributed by atoms with E-state index >= 15 is 0 Å². The summed E-state index contributed by atoms with van der Waals surface area (Å²) in [5.41, 5.74) is -0.0235. The molecule has 1 aromatic carbocycles. The molecule has 0 unspecified atom stereocenters. The second-order valence-electron chi connectivity index (χ2n) is 3.39. The molecule has 9 heteroatoms. The molecular formula is C9H10N2O6S. The number of nitro benzene ring substituents is 1. The molecule has 1 aromatic rings. The average Bonchev–Trinajstić information content (AvgIpc) is 2.26. The molecule has 0 saturated heterocycles. The third-order valence-corrected chi connectivity index (χ3v) is 3.80. The van der Waals surface area contributed by atoms with Crippen molar-refractivity contribution in [2.75, 3.05) is 17.1 Å². The number of sulfonamides is 1. The lowest BCUT2D eigenvalue weighted by Crippen LogP contribution is -2.32. The molecule has 18 heavy (non-hydrogen) atoms. The van der Waals surface area contributed by atoms with Crippen LogP contribution < -0.4 is 4.31 Å². The van der Waals surface area contributed by atoms with Crippen LogP contribution in [-0.4, -0.2) is 37.2 Å². The summed E-state index contributed by atoms with van der Waals surface area (Å²) < 4.78 is 23.9. The molecule has 8 nitrogen and oxygen atoms in total. The normalized spacial score (nSPS) is 10.9. The highest BCUT2D eigenvalue weighted by atomic mass is 32.2. The fraction of sp³-hybridized carbons (Fsp3) is 0.222. The SMILES string of the molecule is CN(c1ccc([N+](=O)[O-])cc1)S(=O)(=O)CC(=O)O. The zero-order valence-electron chi connectivity index (χ0n) is 9.31. The van der Waals surface area contributed by atoms with E-state index in [0.29, 0.717) is 0 Å². The molecular weight excluding hydrogens is 264 g/mol. The minimum atomic E-state index is -3.98. The summed E-state index contributed by atoms with van der Waals surface area (Å²) >= 11 is 0. The highest BCUT2D eigenvalue weighted by Gasteiger charge is 2.22. The number of nitro groups is 1. The molecule has 1 N–H and O–H groups in total.